The summed E-state index contributed by atoms with van der Waals surface area (Å²) >= 11 is 0. The van der Waals surface area contributed by atoms with Crippen LogP contribution < -0.4 is 5.32 Å². The van der Waals surface area contributed by atoms with E-state index in [9.17, 15) is 4.79 Å². The first-order valence-electron chi connectivity index (χ1n) is 3.30. The minimum Gasteiger partial charge on any atom is -0.480 e. The van der Waals surface area contributed by atoms with Crippen molar-refractivity contribution >= 4 is 17.9 Å². The van der Waals surface area contributed by atoms with Crippen molar-refractivity contribution in [1.29, 1.82) is 0 Å². The molecule has 0 amide bonds. The van der Waals surface area contributed by atoms with E-state index in [1.165, 1.54) is 0 Å². The maximum atomic E-state index is 9.70. The number of carboxylic acid groups (broad SMARTS) is 3. The summed E-state index contributed by atoms with van der Waals surface area (Å²) in [7, 11) is 0. The summed E-state index contributed by atoms with van der Waals surface area (Å²) in [6.07, 6.45) is 0. The molecule has 0 aromatic rings. The molecule has 0 saturated carbocycles. The third-order valence-electron chi connectivity index (χ3n) is 0.709. The Kier molecular flexibility index (Phi) is 9.07. The molecule has 76 valence electrons. The molecule has 0 spiro atoms. The number of carbonyl (C=O) groups is 3. The van der Waals surface area contributed by atoms with E-state index in [0.717, 1.165) is 0 Å². The summed E-state index contributed by atoms with van der Waals surface area (Å²) in [5.41, 5.74) is 0. The van der Waals surface area contributed by atoms with Gasteiger partial charge in [0.15, 0.2) is 0 Å². The van der Waals surface area contributed by atoms with Crippen LogP contribution in [-0.4, -0.2) is 46.3 Å². The molecule has 7 nitrogen and oxygen atoms in total. The van der Waals surface area contributed by atoms with Gasteiger partial charge in [-0.2, -0.15) is 0 Å². The van der Waals surface area contributed by atoms with E-state index in [2.05, 4.69) is 5.32 Å². The van der Waals surface area contributed by atoms with Crippen LogP contribution in [0, 0.1) is 0 Å². The first-order chi connectivity index (χ1) is 5.91. The van der Waals surface area contributed by atoms with E-state index in [-0.39, 0.29) is 6.54 Å². The van der Waals surface area contributed by atoms with Gasteiger partial charge in [0.2, 0.25) is 0 Å². The molecule has 0 fully saturated rings. The molecule has 13 heavy (non-hydrogen) atoms. The van der Waals surface area contributed by atoms with E-state index in [1.54, 1.807) is 0 Å². The monoisotopic (exact) mass is 193 g/mol. The second-order valence-corrected chi connectivity index (χ2v) is 1.78. The van der Waals surface area contributed by atoms with Crippen LogP contribution in [0.3, 0.4) is 0 Å². The zero-order valence-corrected chi connectivity index (χ0v) is 6.98. The molecule has 0 aromatic carbocycles. The lowest BCUT2D eigenvalue weighted by molar-refractivity contribution is -0.159. The van der Waals surface area contributed by atoms with Gasteiger partial charge in [0, 0.05) is 0 Å². The van der Waals surface area contributed by atoms with Gasteiger partial charge in [-0.1, -0.05) is 6.92 Å². The van der Waals surface area contributed by atoms with Crippen molar-refractivity contribution in [2.75, 3.05) is 13.1 Å². The van der Waals surface area contributed by atoms with Gasteiger partial charge in [-0.25, -0.2) is 9.59 Å². The van der Waals surface area contributed by atoms with E-state index >= 15 is 0 Å². The highest BCUT2D eigenvalue weighted by Crippen LogP contribution is 1.57. The van der Waals surface area contributed by atoms with E-state index in [4.69, 9.17) is 24.9 Å². The Hall–Kier alpha value is -1.63. The summed E-state index contributed by atoms with van der Waals surface area (Å²) in [6.45, 7) is 2.64. The number of rotatable bonds is 3. The lowest BCUT2D eigenvalue weighted by Crippen LogP contribution is -2.21. The van der Waals surface area contributed by atoms with Crippen molar-refractivity contribution in [2.24, 2.45) is 0 Å². The Balaban J connectivity index is 0. The van der Waals surface area contributed by atoms with Crippen molar-refractivity contribution in [3.63, 3.8) is 0 Å². The van der Waals surface area contributed by atoms with Crippen LogP contribution in [0.1, 0.15) is 6.92 Å². The Morgan fingerprint density at radius 1 is 1.08 bits per heavy atom. The van der Waals surface area contributed by atoms with Crippen LogP contribution in [0.5, 0.6) is 0 Å². The average Bonchev–Trinajstić information content (AvgIpc) is 2.01. The van der Waals surface area contributed by atoms with Gasteiger partial charge in [0.1, 0.15) is 0 Å². The van der Waals surface area contributed by atoms with Crippen LogP contribution >= 0.6 is 0 Å². The number of nitrogens with one attached hydrogen (secondary N) is 1. The van der Waals surface area contributed by atoms with Gasteiger partial charge in [-0.3, -0.25) is 4.79 Å². The van der Waals surface area contributed by atoms with Crippen molar-refractivity contribution < 1.29 is 29.7 Å². The predicted octanol–water partition coefficient (Wildman–Crippen LogP) is -1.16. The minimum absolute atomic E-state index is 0.0660. The fourth-order valence-electron chi connectivity index (χ4n) is 0.232. The number of likely N-dealkylation sites (N-methyl/N-ethyl adjacent to an activating group) is 1. The Morgan fingerprint density at radius 2 is 1.46 bits per heavy atom. The lowest BCUT2D eigenvalue weighted by Gasteiger charge is -1.90. The fraction of sp³-hybridized carbons (Fsp3) is 0.500. The minimum atomic E-state index is -1.82. The highest BCUT2D eigenvalue weighted by atomic mass is 16.4. The predicted molar refractivity (Wildman–Crippen MR) is 41.5 cm³/mol. The molecular weight excluding hydrogens is 182 g/mol. The van der Waals surface area contributed by atoms with Gasteiger partial charge in [-0.05, 0) is 6.54 Å². The number of hydrogen-bond acceptors (Lipinski definition) is 4. The van der Waals surface area contributed by atoms with Crippen LogP contribution in [0.25, 0.3) is 0 Å². The first-order valence-corrected chi connectivity index (χ1v) is 3.30. The average molecular weight is 193 g/mol. The highest BCUT2D eigenvalue weighted by molar-refractivity contribution is 6.27. The van der Waals surface area contributed by atoms with Crippen molar-refractivity contribution in [3.8, 4) is 0 Å². The largest absolute Gasteiger partial charge is 0.480 e. The van der Waals surface area contributed by atoms with Crippen molar-refractivity contribution in [1.82, 2.24) is 5.32 Å². The molecular formula is C6H11NO6. The number of carboxylic acids is 3. The van der Waals surface area contributed by atoms with Gasteiger partial charge in [-0.15, -0.1) is 0 Å². The molecule has 0 aliphatic heterocycles. The summed E-state index contributed by atoms with van der Waals surface area (Å²) < 4.78 is 0. The second kappa shape index (κ2) is 8.47. The Bertz CT molecular complexity index is 178. The number of aliphatic carboxylic acids is 3. The van der Waals surface area contributed by atoms with Crippen molar-refractivity contribution in [2.45, 2.75) is 6.92 Å². The van der Waals surface area contributed by atoms with E-state index < -0.39 is 17.9 Å². The third-order valence-corrected chi connectivity index (χ3v) is 0.709. The molecule has 0 radical (unpaired) electrons. The van der Waals surface area contributed by atoms with E-state index in [1.807, 2.05) is 6.92 Å². The number of hydrogen-bond donors (Lipinski definition) is 4. The molecule has 0 aromatic heterocycles. The topological polar surface area (TPSA) is 124 Å². The van der Waals surface area contributed by atoms with Gasteiger partial charge in [0.25, 0.3) is 0 Å². The quantitative estimate of drug-likeness (QED) is 0.416. The summed E-state index contributed by atoms with van der Waals surface area (Å²) in [4.78, 5) is 27.9. The second-order valence-electron chi connectivity index (χ2n) is 1.78. The molecule has 0 aliphatic carbocycles. The molecule has 4 N–H and O–H groups in total. The van der Waals surface area contributed by atoms with Crippen LogP contribution in [0.4, 0.5) is 0 Å². The smallest absolute Gasteiger partial charge is 0.414 e. The SMILES string of the molecule is CCNCC(=O)O.O=C(O)C(=O)O. The molecule has 0 heterocycles. The van der Waals surface area contributed by atoms with Crippen LogP contribution in [0.2, 0.25) is 0 Å². The van der Waals surface area contributed by atoms with Gasteiger partial charge >= 0.3 is 17.9 Å². The normalized spacial score (nSPS) is 8.08. The van der Waals surface area contributed by atoms with Crippen LogP contribution in [-0.2, 0) is 14.4 Å². The van der Waals surface area contributed by atoms with Crippen LogP contribution in [0.15, 0.2) is 0 Å². The molecule has 0 bridgehead atoms. The van der Waals surface area contributed by atoms with E-state index in [0.29, 0.717) is 6.54 Å². The van der Waals surface area contributed by atoms with Gasteiger partial charge < -0.3 is 20.6 Å². The fourth-order valence-corrected chi connectivity index (χ4v) is 0.232. The zero-order chi connectivity index (χ0) is 10.9. The molecule has 7 heteroatoms. The molecule has 0 aliphatic rings. The first kappa shape index (κ1) is 13.9. The Morgan fingerprint density at radius 3 is 1.54 bits per heavy atom. The molecule has 0 saturated heterocycles. The summed E-state index contributed by atoms with van der Waals surface area (Å²) in [6, 6.07) is 0. The Labute approximate surface area is 74.0 Å². The highest BCUT2D eigenvalue weighted by Gasteiger charge is 2.04. The third kappa shape index (κ3) is 17.9. The van der Waals surface area contributed by atoms with Crippen molar-refractivity contribution in [3.05, 3.63) is 0 Å². The molecule has 0 rings (SSSR count). The maximum absolute atomic E-state index is 9.70. The molecule has 0 atom stereocenters. The van der Waals surface area contributed by atoms with Gasteiger partial charge in [0.05, 0.1) is 6.54 Å². The standard InChI is InChI=1S/C4H9NO2.C2H2O4/c1-2-5-3-4(6)7;3-1(4)2(5)6/h5H,2-3H2,1H3,(H,6,7);(H,3,4)(H,5,6). The lowest BCUT2D eigenvalue weighted by atomic mass is 10.6. The summed E-state index contributed by atoms with van der Waals surface area (Å²) in [5, 5.41) is 25.4. The summed E-state index contributed by atoms with van der Waals surface area (Å²) in [5.74, 6) is -4.45. The molecule has 0 unspecified atom stereocenters. The zero-order valence-electron chi connectivity index (χ0n) is 6.98. The maximum Gasteiger partial charge on any atom is 0.414 e.